The number of rotatable bonds is 8. The highest BCUT2D eigenvalue weighted by atomic mass is 32.2. The van der Waals surface area contributed by atoms with Crippen molar-refractivity contribution in [2.45, 2.75) is 25.5 Å². The first-order valence-electron chi connectivity index (χ1n) is 8.17. The molecular formula is C17H18N4O4S2. The van der Waals surface area contributed by atoms with Crippen LogP contribution in [0.5, 0.6) is 0 Å². The van der Waals surface area contributed by atoms with E-state index in [0.717, 1.165) is 11.3 Å². The number of nitrogens with zero attached hydrogens (tertiary/aromatic N) is 3. The first kappa shape index (κ1) is 19.2. The van der Waals surface area contributed by atoms with Gasteiger partial charge in [0.15, 0.2) is 5.16 Å². The number of hydrogen-bond donors (Lipinski definition) is 1. The van der Waals surface area contributed by atoms with Crippen LogP contribution >= 0.6 is 23.1 Å². The highest BCUT2D eigenvalue weighted by Gasteiger charge is 2.16. The quantitative estimate of drug-likeness (QED) is 0.453. The van der Waals surface area contributed by atoms with Crippen LogP contribution in [0.2, 0.25) is 0 Å². The number of nitrogens with one attached hydrogen (secondary N) is 1. The molecule has 10 heteroatoms. The fraction of sp³-hybridized carbons (Fsp3) is 0.294. The number of aromatic nitrogens is 3. The predicted molar refractivity (Wildman–Crippen MR) is 102 cm³/mol. The van der Waals surface area contributed by atoms with Crippen molar-refractivity contribution < 1.29 is 18.7 Å². The smallest absolute Gasteiger partial charge is 0.348 e. The van der Waals surface area contributed by atoms with Crippen molar-refractivity contribution in [2.75, 3.05) is 17.7 Å². The summed E-state index contributed by atoms with van der Waals surface area (Å²) in [7, 11) is 0. The number of esters is 1. The molecule has 0 bridgehead atoms. The lowest BCUT2D eigenvalue weighted by molar-refractivity contribution is -0.113. The molecule has 0 saturated carbocycles. The van der Waals surface area contributed by atoms with Gasteiger partial charge in [-0.25, -0.2) is 4.79 Å². The molecule has 3 aromatic rings. The SMILES string of the molecule is CCOC(=O)c1sc(NC(=O)CSc2nncn2Cc2ccco2)cc1C. The number of anilines is 1. The van der Waals surface area contributed by atoms with Gasteiger partial charge in [0.1, 0.15) is 17.0 Å². The van der Waals surface area contributed by atoms with Gasteiger partial charge in [-0.1, -0.05) is 11.8 Å². The Morgan fingerprint density at radius 1 is 1.44 bits per heavy atom. The Hall–Kier alpha value is -2.59. The molecule has 0 aliphatic rings. The molecule has 0 spiro atoms. The highest BCUT2D eigenvalue weighted by molar-refractivity contribution is 7.99. The average molecular weight is 406 g/mol. The van der Waals surface area contributed by atoms with E-state index in [0.29, 0.717) is 28.2 Å². The summed E-state index contributed by atoms with van der Waals surface area (Å²) >= 11 is 2.48. The van der Waals surface area contributed by atoms with Gasteiger partial charge in [-0.3, -0.25) is 4.79 Å². The molecule has 0 saturated heterocycles. The Balaban J connectivity index is 1.56. The van der Waals surface area contributed by atoms with E-state index >= 15 is 0 Å². The van der Waals surface area contributed by atoms with Gasteiger partial charge < -0.3 is 19.0 Å². The standard InChI is InChI=1S/C17H18N4O4S2/c1-3-24-16(23)15-11(2)7-14(27-15)19-13(22)9-26-17-20-18-10-21(17)8-12-5-4-6-25-12/h4-7,10H,3,8-9H2,1-2H3,(H,19,22). The highest BCUT2D eigenvalue weighted by Crippen LogP contribution is 2.27. The first-order chi connectivity index (χ1) is 13.1. The van der Waals surface area contributed by atoms with Crippen LogP contribution in [0.3, 0.4) is 0 Å². The number of carbonyl (C=O) groups is 2. The maximum Gasteiger partial charge on any atom is 0.348 e. The first-order valence-corrected chi connectivity index (χ1v) is 9.97. The summed E-state index contributed by atoms with van der Waals surface area (Å²) in [5, 5.41) is 12.0. The Morgan fingerprint density at radius 3 is 3.04 bits per heavy atom. The molecule has 0 aliphatic carbocycles. The van der Waals surface area contributed by atoms with E-state index in [2.05, 4.69) is 15.5 Å². The number of ether oxygens (including phenoxy) is 1. The molecule has 1 N–H and O–H groups in total. The largest absolute Gasteiger partial charge is 0.467 e. The van der Waals surface area contributed by atoms with E-state index < -0.39 is 0 Å². The third kappa shape index (κ3) is 4.98. The summed E-state index contributed by atoms with van der Waals surface area (Å²) in [6.45, 7) is 4.37. The zero-order valence-electron chi connectivity index (χ0n) is 14.8. The zero-order valence-corrected chi connectivity index (χ0v) is 16.4. The van der Waals surface area contributed by atoms with E-state index in [4.69, 9.17) is 9.15 Å². The summed E-state index contributed by atoms with van der Waals surface area (Å²) in [4.78, 5) is 24.6. The molecular weight excluding hydrogens is 388 g/mol. The summed E-state index contributed by atoms with van der Waals surface area (Å²) in [6.07, 6.45) is 3.20. The third-order valence-electron chi connectivity index (χ3n) is 3.46. The number of thiophene rings is 1. The molecule has 8 nitrogen and oxygen atoms in total. The van der Waals surface area contributed by atoms with Crippen LogP contribution in [0, 0.1) is 6.92 Å². The molecule has 0 atom stereocenters. The van der Waals surface area contributed by atoms with E-state index in [1.807, 2.05) is 23.6 Å². The predicted octanol–water partition coefficient (Wildman–Crippen LogP) is 3.20. The second kappa shape index (κ2) is 8.87. The second-order valence-electron chi connectivity index (χ2n) is 5.50. The van der Waals surface area contributed by atoms with Gasteiger partial charge in [-0.15, -0.1) is 21.5 Å². The van der Waals surface area contributed by atoms with Crippen LogP contribution in [0.1, 0.15) is 27.9 Å². The molecule has 0 aromatic carbocycles. The van der Waals surface area contributed by atoms with Gasteiger partial charge in [0.05, 0.1) is 30.2 Å². The summed E-state index contributed by atoms with van der Waals surface area (Å²) < 4.78 is 12.1. The van der Waals surface area contributed by atoms with Gasteiger partial charge in [-0.05, 0) is 37.6 Å². The normalized spacial score (nSPS) is 10.7. The minimum absolute atomic E-state index is 0.169. The van der Waals surface area contributed by atoms with Crippen LogP contribution in [0.15, 0.2) is 40.4 Å². The summed E-state index contributed by atoms with van der Waals surface area (Å²) in [6, 6.07) is 5.44. The van der Waals surface area contributed by atoms with Crippen molar-refractivity contribution in [3.63, 3.8) is 0 Å². The minimum atomic E-state index is -0.374. The second-order valence-corrected chi connectivity index (χ2v) is 7.50. The van der Waals surface area contributed by atoms with E-state index in [1.54, 1.807) is 25.6 Å². The van der Waals surface area contributed by atoms with Crippen molar-refractivity contribution in [2.24, 2.45) is 0 Å². The fourth-order valence-corrected chi connectivity index (χ4v) is 3.98. The number of amides is 1. The van der Waals surface area contributed by atoms with E-state index in [9.17, 15) is 9.59 Å². The van der Waals surface area contributed by atoms with Crippen LogP contribution in [-0.4, -0.2) is 39.0 Å². The molecule has 3 heterocycles. The molecule has 0 unspecified atom stereocenters. The topological polar surface area (TPSA) is 99.2 Å². The lowest BCUT2D eigenvalue weighted by Gasteiger charge is -2.04. The number of aryl methyl sites for hydroxylation is 1. The van der Waals surface area contributed by atoms with Crippen LogP contribution < -0.4 is 5.32 Å². The number of thioether (sulfide) groups is 1. The van der Waals surface area contributed by atoms with Crippen molar-refractivity contribution in [3.05, 3.63) is 47.0 Å². The van der Waals surface area contributed by atoms with Gasteiger partial charge in [0.2, 0.25) is 5.91 Å². The molecule has 27 heavy (non-hydrogen) atoms. The number of hydrogen-bond acceptors (Lipinski definition) is 8. The Labute approximate surface area is 163 Å². The van der Waals surface area contributed by atoms with E-state index in [1.165, 1.54) is 23.1 Å². The summed E-state index contributed by atoms with van der Waals surface area (Å²) in [5.41, 5.74) is 0.777. The molecule has 1 amide bonds. The van der Waals surface area contributed by atoms with Gasteiger partial charge in [-0.2, -0.15) is 0 Å². The van der Waals surface area contributed by atoms with E-state index in [-0.39, 0.29) is 17.6 Å². The zero-order chi connectivity index (χ0) is 19.2. The van der Waals surface area contributed by atoms with Gasteiger partial charge in [0, 0.05) is 0 Å². The summed E-state index contributed by atoms with van der Waals surface area (Å²) in [5.74, 6) is 0.384. The van der Waals surface area contributed by atoms with Crippen LogP contribution in [-0.2, 0) is 16.1 Å². The van der Waals surface area contributed by atoms with Crippen molar-refractivity contribution in [1.29, 1.82) is 0 Å². The average Bonchev–Trinajstić information content (AvgIpc) is 3.36. The van der Waals surface area contributed by atoms with Gasteiger partial charge in [0.25, 0.3) is 0 Å². The van der Waals surface area contributed by atoms with Crippen LogP contribution in [0.4, 0.5) is 5.00 Å². The lowest BCUT2D eigenvalue weighted by atomic mass is 10.3. The maximum absolute atomic E-state index is 12.2. The molecule has 142 valence electrons. The van der Waals surface area contributed by atoms with Gasteiger partial charge >= 0.3 is 5.97 Å². The monoisotopic (exact) mass is 406 g/mol. The molecule has 0 fully saturated rings. The van der Waals surface area contributed by atoms with Crippen molar-refractivity contribution >= 4 is 40.0 Å². The Morgan fingerprint density at radius 2 is 2.30 bits per heavy atom. The molecule has 3 aromatic heterocycles. The lowest BCUT2D eigenvalue weighted by Crippen LogP contribution is -2.13. The molecule has 0 aliphatic heterocycles. The third-order valence-corrected chi connectivity index (χ3v) is 5.57. The number of furan rings is 1. The fourth-order valence-electron chi connectivity index (χ4n) is 2.28. The van der Waals surface area contributed by atoms with Crippen molar-refractivity contribution in [1.82, 2.24) is 14.8 Å². The van der Waals surface area contributed by atoms with Crippen LogP contribution in [0.25, 0.3) is 0 Å². The Kier molecular flexibility index (Phi) is 6.30. The number of carbonyl (C=O) groups excluding carboxylic acids is 2. The Bertz CT molecular complexity index is 917. The maximum atomic E-state index is 12.2. The molecule has 3 rings (SSSR count). The minimum Gasteiger partial charge on any atom is -0.467 e. The van der Waals surface area contributed by atoms with Crippen molar-refractivity contribution in [3.8, 4) is 0 Å². The molecule has 0 radical (unpaired) electrons.